The third-order valence-corrected chi connectivity index (χ3v) is 1.96. The van der Waals surface area contributed by atoms with Crippen LogP contribution in [-0.4, -0.2) is 34.6 Å². The molecule has 6 nitrogen and oxygen atoms in total. The van der Waals surface area contributed by atoms with Crippen molar-refractivity contribution in [3.05, 3.63) is 30.1 Å². The second-order valence-corrected chi connectivity index (χ2v) is 3.18. The maximum absolute atomic E-state index is 11.1. The van der Waals surface area contributed by atoms with Crippen LogP contribution in [0.1, 0.15) is 5.69 Å². The van der Waals surface area contributed by atoms with Gasteiger partial charge in [0.05, 0.1) is 0 Å². The molecule has 1 aromatic heterocycles. The van der Waals surface area contributed by atoms with Crippen molar-refractivity contribution in [1.29, 1.82) is 0 Å². The number of carboxylic acid groups (broad SMARTS) is 1. The molecule has 86 valence electrons. The molecule has 0 aliphatic carbocycles. The molecule has 0 saturated heterocycles. The molecule has 0 bridgehead atoms. The Hall–Kier alpha value is -1.95. The van der Waals surface area contributed by atoms with Gasteiger partial charge < -0.3 is 16.2 Å². The molecule has 1 rings (SSSR count). The predicted molar refractivity (Wildman–Crippen MR) is 56.6 cm³/mol. The van der Waals surface area contributed by atoms with Crippen LogP contribution in [0.3, 0.4) is 0 Å². The Kier molecular flexibility index (Phi) is 4.41. The van der Waals surface area contributed by atoms with Gasteiger partial charge in [-0.2, -0.15) is 0 Å². The van der Waals surface area contributed by atoms with Crippen molar-refractivity contribution >= 4 is 11.9 Å². The smallest absolute Gasteiger partial charge is 0.330 e. The summed E-state index contributed by atoms with van der Waals surface area (Å²) in [7, 11) is 0. The first kappa shape index (κ1) is 12.1. The number of carboxylic acids is 1. The number of aromatic nitrogens is 1. The number of hydrogen-bond acceptors (Lipinski definition) is 4. The lowest BCUT2D eigenvalue weighted by Crippen LogP contribution is -2.46. The number of hydrogen-bond donors (Lipinski definition) is 3. The Morgan fingerprint density at radius 2 is 2.25 bits per heavy atom. The molecule has 0 radical (unpaired) electrons. The molecule has 16 heavy (non-hydrogen) atoms. The van der Waals surface area contributed by atoms with Crippen LogP contribution >= 0.6 is 0 Å². The zero-order valence-electron chi connectivity index (χ0n) is 8.59. The van der Waals surface area contributed by atoms with Crippen molar-refractivity contribution in [2.24, 2.45) is 5.73 Å². The van der Waals surface area contributed by atoms with Crippen LogP contribution in [0.2, 0.25) is 0 Å². The van der Waals surface area contributed by atoms with Crippen LogP contribution in [0.5, 0.6) is 0 Å². The fourth-order valence-electron chi connectivity index (χ4n) is 1.08. The molecule has 0 aromatic carbocycles. The van der Waals surface area contributed by atoms with Gasteiger partial charge in [-0.05, 0) is 12.1 Å². The highest BCUT2D eigenvalue weighted by Gasteiger charge is 2.20. The third-order valence-electron chi connectivity index (χ3n) is 1.96. The lowest BCUT2D eigenvalue weighted by Gasteiger charge is -2.07. The van der Waals surface area contributed by atoms with E-state index in [0.29, 0.717) is 13.0 Å². The van der Waals surface area contributed by atoms with Gasteiger partial charge in [0, 0.05) is 24.9 Å². The monoisotopic (exact) mass is 223 g/mol. The van der Waals surface area contributed by atoms with Gasteiger partial charge in [0.2, 0.25) is 5.91 Å². The first-order valence-corrected chi connectivity index (χ1v) is 4.77. The van der Waals surface area contributed by atoms with E-state index in [2.05, 4.69) is 10.3 Å². The van der Waals surface area contributed by atoms with E-state index in [4.69, 9.17) is 10.8 Å². The molecular formula is C10H13N3O3. The van der Waals surface area contributed by atoms with E-state index in [-0.39, 0.29) is 0 Å². The van der Waals surface area contributed by atoms with E-state index >= 15 is 0 Å². The van der Waals surface area contributed by atoms with Crippen molar-refractivity contribution in [3.63, 3.8) is 0 Å². The summed E-state index contributed by atoms with van der Waals surface area (Å²) >= 11 is 0. The average molecular weight is 223 g/mol. The summed E-state index contributed by atoms with van der Waals surface area (Å²) in [6, 6.07) is 3.95. The highest BCUT2D eigenvalue weighted by molar-refractivity contribution is 6.00. The van der Waals surface area contributed by atoms with Gasteiger partial charge in [-0.1, -0.05) is 6.07 Å². The minimum atomic E-state index is -1.51. The second-order valence-electron chi connectivity index (χ2n) is 3.18. The number of amides is 1. The van der Waals surface area contributed by atoms with Crippen LogP contribution in [0, 0.1) is 0 Å². The van der Waals surface area contributed by atoms with Gasteiger partial charge in [0.25, 0.3) is 0 Å². The maximum Gasteiger partial charge on any atom is 0.330 e. The van der Waals surface area contributed by atoms with E-state index < -0.39 is 17.9 Å². The number of aliphatic carboxylic acids is 1. The molecule has 4 N–H and O–H groups in total. The van der Waals surface area contributed by atoms with Gasteiger partial charge >= 0.3 is 5.97 Å². The van der Waals surface area contributed by atoms with E-state index in [1.54, 1.807) is 12.3 Å². The van der Waals surface area contributed by atoms with Gasteiger partial charge in [-0.15, -0.1) is 0 Å². The molecule has 1 aromatic rings. The third kappa shape index (κ3) is 3.66. The van der Waals surface area contributed by atoms with Crippen LogP contribution < -0.4 is 11.1 Å². The molecule has 0 aliphatic rings. The molecular weight excluding hydrogens is 210 g/mol. The minimum Gasteiger partial charge on any atom is -0.480 e. The number of carbonyl (C=O) groups is 2. The number of nitrogens with two attached hydrogens (primary N) is 1. The summed E-state index contributed by atoms with van der Waals surface area (Å²) in [5.74, 6) is -2.03. The standard InChI is InChI=1S/C10H13N3O3/c11-8(10(15)16)9(14)13-6-4-7-3-1-2-5-12-7/h1-3,5,8H,4,6,11H2,(H,13,14)(H,15,16). The fraction of sp³-hybridized carbons (Fsp3) is 0.300. The minimum absolute atomic E-state index is 0.316. The Morgan fingerprint density at radius 1 is 1.50 bits per heavy atom. The van der Waals surface area contributed by atoms with Crippen molar-refractivity contribution in [3.8, 4) is 0 Å². The van der Waals surface area contributed by atoms with Crippen LogP contribution in [0.4, 0.5) is 0 Å². The highest BCUT2D eigenvalue weighted by Crippen LogP contribution is 1.93. The zero-order chi connectivity index (χ0) is 12.0. The van der Waals surface area contributed by atoms with Gasteiger partial charge in [-0.25, -0.2) is 4.79 Å². The fourth-order valence-corrected chi connectivity index (χ4v) is 1.08. The van der Waals surface area contributed by atoms with Gasteiger partial charge in [-0.3, -0.25) is 9.78 Å². The SMILES string of the molecule is NC(C(=O)O)C(=O)NCCc1ccccn1. The first-order valence-electron chi connectivity index (χ1n) is 4.77. The second kappa shape index (κ2) is 5.82. The Labute approximate surface area is 92.5 Å². The maximum atomic E-state index is 11.1. The molecule has 0 spiro atoms. The number of pyridine rings is 1. The summed E-state index contributed by atoms with van der Waals surface area (Å²) in [5, 5.41) is 10.9. The van der Waals surface area contributed by atoms with Crippen molar-refractivity contribution in [2.75, 3.05) is 6.54 Å². The average Bonchev–Trinajstić information content (AvgIpc) is 2.29. The normalized spacial score (nSPS) is 11.8. The molecule has 1 unspecified atom stereocenters. The molecule has 0 aliphatic heterocycles. The van der Waals surface area contributed by atoms with Crippen LogP contribution in [0.25, 0.3) is 0 Å². The lowest BCUT2D eigenvalue weighted by molar-refractivity contribution is -0.142. The summed E-state index contributed by atoms with van der Waals surface area (Å²) in [4.78, 5) is 25.6. The van der Waals surface area contributed by atoms with E-state index in [9.17, 15) is 9.59 Å². The quantitative estimate of drug-likeness (QED) is 0.564. The summed E-state index contributed by atoms with van der Waals surface area (Å²) in [5.41, 5.74) is 5.94. The van der Waals surface area contributed by atoms with Gasteiger partial charge in [0.1, 0.15) is 0 Å². The summed E-state index contributed by atoms with van der Waals surface area (Å²) < 4.78 is 0. The molecule has 0 fully saturated rings. The number of nitrogens with one attached hydrogen (secondary N) is 1. The van der Waals surface area contributed by atoms with Crippen molar-refractivity contribution < 1.29 is 14.7 Å². The largest absolute Gasteiger partial charge is 0.480 e. The number of nitrogens with zero attached hydrogens (tertiary/aromatic N) is 1. The molecule has 0 saturated carbocycles. The molecule has 1 amide bonds. The Morgan fingerprint density at radius 3 is 2.81 bits per heavy atom. The van der Waals surface area contributed by atoms with Gasteiger partial charge in [0.15, 0.2) is 6.04 Å². The number of rotatable bonds is 5. The van der Waals surface area contributed by atoms with Crippen LogP contribution in [-0.2, 0) is 16.0 Å². The van der Waals surface area contributed by atoms with E-state index in [1.807, 2.05) is 12.1 Å². The number of carbonyl (C=O) groups excluding carboxylic acids is 1. The Bertz CT molecular complexity index is 367. The molecule has 1 heterocycles. The first-order chi connectivity index (χ1) is 7.61. The van der Waals surface area contributed by atoms with Crippen molar-refractivity contribution in [1.82, 2.24) is 10.3 Å². The zero-order valence-corrected chi connectivity index (χ0v) is 8.59. The van der Waals surface area contributed by atoms with Crippen molar-refractivity contribution in [2.45, 2.75) is 12.5 Å². The summed E-state index contributed by atoms with van der Waals surface area (Å²) in [6.07, 6.45) is 2.19. The van der Waals surface area contributed by atoms with E-state index in [0.717, 1.165) is 5.69 Å². The topological polar surface area (TPSA) is 105 Å². The summed E-state index contributed by atoms with van der Waals surface area (Å²) in [6.45, 7) is 0.316. The predicted octanol–water partition coefficient (Wildman–Crippen LogP) is -0.848. The molecule has 1 atom stereocenters. The molecule has 6 heteroatoms. The van der Waals surface area contributed by atoms with E-state index in [1.165, 1.54) is 0 Å². The lowest BCUT2D eigenvalue weighted by atomic mass is 10.2. The Balaban J connectivity index is 2.31. The highest BCUT2D eigenvalue weighted by atomic mass is 16.4. The van der Waals surface area contributed by atoms with Crippen LogP contribution in [0.15, 0.2) is 24.4 Å².